The van der Waals surface area contributed by atoms with Crippen molar-refractivity contribution in [1.82, 2.24) is 4.98 Å². The first-order valence-corrected chi connectivity index (χ1v) is 8.04. The summed E-state index contributed by atoms with van der Waals surface area (Å²) in [7, 11) is 0. The van der Waals surface area contributed by atoms with Gasteiger partial charge in [0.25, 0.3) is 0 Å². The zero-order valence-corrected chi connectivity index (χ0v) is 13.2. The number of carbonyl (C=O) groups is 1. The normalized spacial score (nSPS) is 10.9. The molecule has 0 aliphatic rings. The Bertz CT molecular complexity index is 590. The topological polar surface area (TPSA) is 68.0 Å². The van der Waals surface area contributed by atoms with E-state index in [0.29, 0.717) is 30.4 Å². The first kappa shape index (κ1) is 15.7. The molecule has 0 aliphatic heterocycles. The van der Waals surface area contributed by atoms with Crippen LogP contribution in [0, 0.1) is 0 Å². The lowest BCUT2D eigenvalue weighted by Gasteiger charge is -2.05. The zero-order valence-electron chi connectivity index (χ0n) is 12.4. The van der Waals surface area contributed by atoms with Crippen molar-refractivity contribution in [2.45, 2.75) is 32.6 Å². The maximum atomic E-state index is 11.6. The summed E-state index contributed by atoms with van der Waals surface area (Å²) in [5, 5.41) is 5.41. The predicted octanol–water partition coefficient (Wildman–Crippen LogP) is 3.61. The Morgan fingerprint density at radius 3 is 2.67 bits per heavy atom. The van der Waals surface area contributed by atoms with Gasteiger partial charge in [-0.1, -0.05) is 38.1 Å². The number of nitrogens with zero attached hydrogens (tertiary/aromatic N) is 1. The number of hydrogen-bond donors (Lipinski definition) is 2. The van der Waals surface area contributed by atoms with Crippen molar-refractivity contribution < 1.29 is 4.79 Å². The fourth-order valence-electron chi connectivity index (χ4n) is 1.95. The summed E-state index contributed by atoms with van der Waals surface area (Å²) in [4.78, 5) is 16.1. The molecular weight excluding hydrogens is 282 g/mol. The monoisotopic (exact) mass is 303 g/mol. The summed E-state index contributed by atoms with van der Waals surface area (Å²) in [5.41, 5.74) is 8.66. The molecule has 0 fully saturated rings. The number of thiazole rings is 1. The van der Waals surface area contributed by atoms with Crippen molar-refractivity contribution in [1.29, 1.82) is 0 Å². The molecule has 0 unspecified atom stereocenters. The molecule has 0 saturated carbocycles. The molecular formula is C16H21N3OS. The standard InChI is InChI=1S/C16H21N3OS/c1-11(2)12-5-7-13(8-6-12)14-10-21-16(18-14)19-15(20)4-3-9-17/h5-8,10-11H,3-4,9,17H2,1-2H3,(H,18,19,20). The van der Waals surface area contributed by atoms with Gasteiger partial charge in [-0.15, -0.1) is 11.3 Å². The van der Waals surface area contributed by atoms with Gasteiger partial charge in [0.2, 0.25) is 5.91 Å². The van der Waals surface area contributed by atoms with Crippen molar-refractivity contribution in [3.05, 3.63) is 35.2 Å². The van der Waals surface area contributed by atoms with Gasteiger partial charge in [0.05, 0.1) is 5.69 Å². The van der Waals surface area contributed by atoms with Crippen molar-refractivity contribution >= 4 is 22.4 Å². The number of aromatic nitrogens is 1. The fraction of sp³-hybridized carbons (Fsp3) is 0.375. The highest BCUT2D eigenvalue weighted by atomic mass is 32.1. The number of amides is 1. The van der Waals surface area contributed by atoms with Gasteiger partial charge in [0, 0.05) is 17.4 Å². The molecule has 4 nitrogen and oxygen atoms in total. The summed E-state index contributed by atoms with van der Waals surface area (Å²) in [6.45, 7) is 4.87. The molecule has 112 valence electrons. The van der Waals surface area contributed by atoms with E-state index in [9.17, 15) is 4.79 Å². The van der Waals surface area contributed by atoms with Crippen LogP contribution in [0.15, 0.2) is 29.6 Å². The molecule has 2 aromatic rings. The third-order valence-corrected chi connectivity index (χ3v) is 3.99. The molecule has 5 heteroatoms. The Morgan fingerprint density at radius 1 is 1.33 bits per heavy atom. The number of carbonyl (C=O) groups excluding carboxylic acids is 1. The molecule has 0 spiro atoms. The molecule has 0 radical (unpaired) electrons. The lowest BCUT2D eigenvalue weighted by molar-refractivity contribution is -0.116. The predicted molar refractivity (Wildman–Crippen MR) is 88.6 cm³/mol. The molecule has 1 amide bonds. The highest BCUT2D eigenvalue weighted by Gasteiger charge is 2.08. The van der Waals surface area contributed by atoms with E-state index in [2.05, 4.69) is 48.4 Å². The molecule has 1 heterocycles. The first-order valence-electron chi connectivity index (χ1n) is 7.16. The van der Waals surface area contributed by atoms with Crippen LogP contribution in [0.4, 0.5) is 5.13 Å². The minimum absolute atomic E-state index is 0.0310. The summed E-state index contributed by atoms with van der Waals surface area (Å²) < 4.78 is 0. The van der Waals surface area contributed by atoms with Crippen LogP contribution in [0.5, 0.6) is 0 Å². The fourth-order valence-corrected chi connectivity index (χ4v) is 2.68. The van der Waals surface area contributed by atoms with Crippen LogP contribution in [-0.2, 0) is 4.79 Å². The quantitative estimate of drug-likeness (QED) is 0.856. The number of nitrogens with one attached hydrogen (secondary N) is 1. The van der Waals surface area contributed by atoms with Crippen LogP contribution in [-0.4, -0.2) is 17.4 Å². The van der Waals surface area contributed by atoms with Crippen molar-refractivity contribution in [2.75, 3.05) is 11.9 Å². The number of nitrogens with two attached hydrogens (primary N) is 1. The zero-order chi connectivity index (χ0) is 15.2. The minimum atomic E-state index is -0.0310. The molecule has 0 saturated heterocycles. The Hall–Kier alpha value is -1.72. The van der Waals surface area contributed by atoms with Crippen LogP contribution in [0.1, 0.15) is 38.2 Å². The van der Waals surface area contributed by atoms with Gasteiger partial charge in [-0.25, -0.2) is 4.98 Å². The number of anilines is 1. The van der Waals surface area contributed by atoms with Gasteiger partial charge < -0.3 is 11.1 Å². The van der Waals surface area contributed by atoms with Gasteiger partial charge in [-0.2, -0.15) is 0 Å². The van der Waals surface area contributed by atoms with Gasteiger partial charge >= 0.3 is 0 Å². The summed E-state index contributed by atoms with van der Waals surface area (Å²) >= 11 is 1.44. The van der Waals surface area contributed by atoms with Crippen LogP contribution < -0.4 is 11.1 Å². The summed E-state index contributed by atoms with van der Waals surface area (Å²) in [6.07, 6.45) is 1.13. The molecule has 2 rings (SSSR count). The third kappa shape index (κ3) is 4.37. The van der Waals surface area contributed by atoms with Crippen molar-refractivity contribution in [2.24, 2.45) is 5.73 Å². The molecule has 3 N–H and O–H groups in total. The lowest BCUT2D eigenvalue weighted by atomic mass is 10.0. The Labute approximate surface area is 129 Å². The number of benzene rings is 1. The van der Waals surface area contributed by atoms with E-state index in [1.54, 1.807) is 0 Å². The molecule has 0 atom stereocenters. The van der Waals surface area contributed by atoms with Gasteiger partial charge in [-0.05, 0) is 24.4 Å². The lowest BCUT2D eigenvalue weighted by Crippen LogP contribution is -2.13. The highest BCUT2D eigenvalue weighted by molar-refractivity contribution is 7.14. The van der Waals surface area contributed by atoms with E-state index < -0.39 is 0 Å². The minimum Gasteiger partial charge on any atom is -0.330 e. The molecule has 1 aromatic carbocycles. The van der Waals surface area contributed by atoms with Crippen LogP contribution >= 0.6 is 11.3 Å². The number of rotatable bonds is 6. The highest BCUT2D eigenvalue weighted by Crippen LogP contribution is 2.26. The molecule has 0 aliphatic carbocycles. The molecule has 1 aromatic heterocycles. The van der Waals surface area contributed by atoms with Gasteiger partial charge in [0.1, 0.15) is 0 Å². The second-order valence-corrected chi connectivity index (χ2v) is 6.11. The Balaban J connectivity index is 2.03. The largest absolute Gasteiger partial charge is 0.330 e. The van der Waals surface area contributed by atoms with Crippen LogP contribution in [0.2, 0.25) is 0 Å². The van der Waals surface area contributed by atoms with E-state index in [1.807, 2.05) is 5.38 Å². The van der Waals surface area contributed by atoms with E-state index in [4.69, 9.17) is 5.73 Å². The number of hydrogen-bond acceptors (Lipinski definition) is 4. The van der Waals surface area contributed by atoms with E-state index >= 15 is 0 Å². The van der Waals surface area contributed by atoms with Gasteiger partial charge in [0.15, 0.2) is 5.13 Å². The van der Waals surface area contributed by atoms with E-state index in [-0.39, 0.29) is 5.91 Å². The molecule has 21 heavy (non-hydrogen) atoms. The van der Waals surface area contributed by atoms with Crippen LogP contribution in [0.3, 0.4) is 0 Å². The SMILES string of the molecule is CC(C)c1ccc(-c2csc(NC(=O)CCCN)n2)cc1. The van der Waals surface area contributed by atoms with Crippen LogP contribution in [0.25, 0.3) is 11.3 Å². The Morgan fingerprint density at radius 2 is 2.05 bits per heavy atom. The van der Waals surface area contributed by atoms with E-state index in [0.717, 1.165) is 11.3 Å². The van der Waals surface area contributed by atoms with Crippen molar-refractivity contribution in [3.8, 4) is 11.3 Å². The second kappa shape index (κ2) is 7.33. The average Bonchev–Trinajstić information content (AvgIpc) is 2.93. The molecule has 0 bridgehead atoms. The van der Waals surface area contributed by atoms with Crippen molar-refractivity contribution in [3.63, 3.8) is 0 Å². The summed E-state index contributed by atoms with van der Waals surface area (Å²) in [5.74, 6) is 0.489. The first-order chi connectivity index (χ1) is 10.1. The maximum absolute atomic E-state index is 11.6. The van der Waals surface area contributed by atoms with E-state index in [1.165, 1.54) is 16.9 Å². The maximum Gasteiger partial charge on any atom is 0.226 e. The smallest absolute Gasteiger partial charge is 0.226 e. The third-order valence-electron chi connectivity index (χ3n) is 3.23. The Kier molecular flexibility index (Phi) is 5.47. The van der Waals surface area contributed by atoms with Gasteiger partial charge in [-0.3, -0.25) is 4.79 Å². The second-order valence-electron chi connectivity index (χ2n) is 5.26. The average molecular weight is 303 g/mol. The summed E-state index contributed by atoms with van der Waals surface area (Å²) in [6, 6.07) is 8.40.